The first kappa shape index (κ1) is 23.0. The van der Waals surface area contributed by atoms with Gasteiger partial charge in [0.05, 0.1) is 0 Å². The molecule has 0 saturated heterocycles. The van der Waals surface area contributed by atoms with Crippen LogP contribution in [-0.2, 0) is 0 Å². The maximum Gasteiger partial charge on any atom is -0.00187 e. The van der Waals surface area contributed by atoms with Gasteiger partial charge in [0, 0.05) is 0 Å². The van der Waals surface area contributed by atoms with Crippen molar-refractivity contribution in [2.75, 3.05) is 19.6 Å². The Balaban J connectivity index is 3.18. The molecule has 0 aliphatic carbocycles. The van der Waals surface area contributed by atoms with Crippen LogP contribution in [0.3, 0.4) is 0 Å². The van der Waals surface area contributed by atoms with Crippen molar-refractivity contribution in [2.45, 2.75) is 118 Å². The monoisotopic (exact) mass is 325 g/mol. The molecule has 0 atom stereocenters. The molecule has 0 aromatic carbocycles. The highest BCUT2D eigenvalue weighted by Crippen LogP contribution is 2.14. The lowest BCUT2D eigenvalue weighted by Gasteiger charge is -2.20. The maximum atomic E-state index is 2.65. The van der Waals surface area contributed by atoms with E-state index in [1.165, 1.54) is 110 Å². The van der Waals surface area contributed by atoms with Crippen molar-refractivity contribution >= 4 is 0 Å². The van der Waals surface area contributed by atoms with Gasteiger partial charge in [0.2, 0.25) is 0 Å². The highest BCUT2D eigenvalue weighted by atomic mass is 15.1. The average Bonchev–Trinajstić information content (AvgIpc) is 2.52. The van der Waals surface area contributed by atoms with E-state index < -0.39 is 0 Å². The molecule has 0 bridgehead atoms. The number of hydrogen-bond acceptors (Lipinski definition) is 1. The van der Waals surface area contributed by atoms with Gasteiger partial charge in [0.15, 0.2) is 0 Å². The molecule has 23 heavy (non-hydrogen) atoms. The molecular weight excluding hydrogens is 278 g/mol. The minimum atomic E-state index is 0.894. The van der Waals surface area contributed by atoms with Crippen LogP contribution in [0.25, 0.3) is 0 Å². The molecule has 0 aliphatic heterocycles. The van der Waals surface area contributed by atoms with Crippen LogP contribution in [0.4, 0.5) is 0 Å². The minimum Gasteiger partial charge on any atom is -0.303 e. The minimum absolute atomic E-state index is 0.894. The van der Waals surface area contributed by atoms with Gasteiger partial charge in [0.25, 0.3) is 0 Å². The fourth-order valence-electron chi connectivity index (χ4n) is 3.45. The van der Waals surface area contributed by atoms with Crippen molar-refractivity contribution in [3.05, 3.63) is 0 Å². The third-order valence-electron chi connectivity index (χ3n) is 4.84. The Hall–Kier alpha value is -0.0400. The molecule has 1 nitrogen and oxygen atoms in total. The van der Waals surface area contributed by atoms with Gasteiger partial charge >= 0.3 is 0 Å². The van der Waals surface area contributed by atoms with Crippen molar-refractivity contribution in [3.63, 3.8) is 0 Å². The fraction of sp³-hybridized carbons (Fsp3) is 1.00. The summed E-state index contributed by atoms with van der Waals surface area (Å²) in [4.78, 5) is 2.65. The topological polar surface area (TPSA) is 3.24 Å². The van der Waals surface area contributed by atoms with Crippen LogP contribution >= 0.6 is 0 Å². The molecule has 140 valence electrons. The van der Waals surface area contributed by atoms with Gasteiger partial charge in [-0.1, -0.05) is 98.3 Å². The largest absolute Gasteiger partial charge is 0.303 e. The molecule has 0 aliphatic rings. The SMILES string of the molecule is CCCN(CCC)CCCCCCCCCCCCCC(C)C. The quantitative estimate of drug-likeness (QED) is 0.237. The van der Waals surface area contributed by atoms with E-state index in [1.807, 2.05) is 0 Å². The summed E-state index contributed by atoms with van der Waals surface area (Å²) in [6, 6.07) is 0. The Morgan fingerprint density at radius 2 is 0.913 bits per heavy atom. The molecule has 1 heteroatoms. The highest BCUT2D eigenvalue weighted by Gasteiger charge is 2.01. The second kappa shape index (κ2) is 18.3. The van der Waals surface area contributed by atoms with Gasteiger partial charge in [0.1, 0.15) is 0 Å². The summed E-state index contributed by atoms with van der Waals surface area (Å²) in [6.07, 6.45) is 20.1. The molecule has 0 aromatic rings. The van der Waals surface area contributed by atoms with E-state index in [-0.39, 0.29) is 0 Å². The molecular formula is C22H47N. The third-order valence-corrected chi connectivity index (χ3v) is 4.84. The predicted molar refractivity (Wildman–Crippen MR) is 107 cm³/mol. The summed E-state index contributed by atoms with van der Waals surface area (Å²) in [5, 5.41) is 0. The van der Waals surface area contributed by atoms with Crippen LogP contribution in [-0.4, -0.2) is 24.5 Å². The molecule has 0 heterocycles. The van der Waals surface area contributed by atoms with Crippen LogP contribution in [0, 0.1) is 5.92 Å². The summed E-state index contributed by atoms with van der Waals surface area (Å²) in [7, 11) is 0. The zero-order chi connectivity index (χ0) is 17.2. The molecule has 0 rings (SSSR count). The normalized spacial score (nSPS) is 11.7. The Bertz CT molecular complexity index is 206. The van der Waals surface area contributed by atoms with Crippen LogP contribution in [0.1, 0.15) is 118 Å². The molecule has 0 saturated carbocycles. The second-order valence-corrected chi connectivity index (χ2v) is 7.91. The van der Waals surface area contributed by atoms with E-state index in [0.717, 1.165) is 5.92 Å². The summed E-state index contributed by atoms with van der Waals surface area (Å²) >= 11 is 0. The van der Waals surface area contributed by atoms with Gasteiger partial charge in [-0.15, -0.1) is 0 Å². The van der Waals surface area contributed by atoms with Crippen LogP contribution in [0.15, 0.2) is 0 Å². The van der Waals surface area contributed by atoms with Gasteiger partial charge < -0.3 is 4.90 Å². The van der Waals surface area contributed by atoms with E-state index in [0.29, 0.717) is 0 Å². The van der Waals surface area contributed by atoms with Gasteiger partial charge in [-0.3, -0.25) is 0 Å². The van der Waals surface area contributed by atoms with E-state index in [9.17, 15) is 0 Å². The highest BCUT2D eigenvalue weighted by molar-refractivity contribution is 4.57. The van der Waals surface area contributed by atoms with Crippen molar-refractivity contribution in [2.24, 2.45) is 5.92 Å². The molecule has 0 unspecified atom stereocenters. The van der Waals surface area contributed by atoms with Crippen molar-refractivity contribution in [1.82, 2.24) is 4.90 Å². The summed E-state index contributed by atoms with van der Waals surface area (Å²) in [5.41, 5.74) is 0. The molecule has 0 spiro atoms. The second-order valence-electron chi connectivity index (χ2n) is 7.91. The lowest BCUT2D eigenvalue weighted by atomic mass is 10.0. The van der Waals surface area contributed by atoms with Crippen molar-refractivity contribution in [3.8, 4) is 0 Å². The van der Waals surface area contributed by atoms with Crippen LogP contribution in [0.2, 0.25) is 0 Å². The standard InChI is InChI=1S/C22H47N/c1-5-19-23(20-6-2)21-17-15-13-11-9-7-8-10-12-14-16-18-22(3)4/h22H,5-21H2,1-4H3. The first-order chi connectivity index (χ1) is 11.2. The van der Waals surface area contributed by atoms with E-state index in [4.69, 9.17) is 0 Å². The van der Waals surface area contributed by atoms with Gasteiger partial charge in [-0.2, -0.15) is 0 Å². The molecule has 0 aromatic heterocycles. The van der Waals surface area contributed by atoms with Gasteiger partial charge in [-0.25, -0.2) is 0 Å². The van der Waals surface area contributed by atoms with Gasteiger partial charge in [-0.05, 0) is 44.8 Å². The molecule has 0 radical (unpaired) electrons. The molecule has 0 fully saturated rings. The third kappa shape index (κ3) is 18.1. The zero-order valence-corrected chi connectivity index (χ0v) is 17.0. The Labute approximate surface area is 148 Å². The van der Waals surface area contributed by atoms with Crippen molar-refractivity contribution in [1.29, 1.82) is 0 Å². The number of unbranched alkanes of at least 4 members (excludes halogenated alkanes) is 10. The number of hydrogen-bond donors (Lipinski definition) is 0. The first-order valence-electron chi connectivity index (χ1n) is 10.9. The van der Waals surface area contributed by atoms with Crippen LogP contribution < -0.4 is 0 Å². The number of rotatable bonds is 18. The predicted octanol–water partition coefficient (Wildman–Crippen LogP) is 7.45. The lowest BCUT2D eigenvalue weighted by Crippen LogP contribution is -2.26. The summed E-state index contributed by atoms with van der Waals surface area (Å²) < 4.78 is 0. The van der Waals surface area contributed by atoms with Crippen LogP contribution in [0.5, 0.6) is 0 Å². The maximum absolute atomic E-state index is 2.65. The van der Waals surface area contributed by atoms with Crippen molar-refractivity contribution < 1.29 is 0 Å². The smallest absolute Gasteiger partial charge is 0.00187 e. The fourth-order valence-corrected chi connectivity index (χ4v) is 3.45. The average molecular weight is 326 g/mol. The van der Waals surface area contributed by atoms with E-state index in [2.05, 4.69) is 32.6 Å². The molecule has 0 amide bonds. The zero-order valence-electron chi connectivity index (χ0n) is 17.0. The summed E-state index contributed by atoms with van der Waals surface area (Å²) in [5.74, 6) is 0.894. The Kier molecular flexibility index (Phi) is 18.3. The van der Waals surface area contributed by atoms with E-state index >= 15 is 0 Å². The lowest BCUT2D eigenvalue weighted by molar-refractivity contribution is 0.267. The first-order valence-corrected chi connectivity index (χ1v) is 10.9. The Morgan fingerprint density at radius 3 is 1.30 bits per heavy atom. The summed E-state index contributed by atoms with van der Waals surface area (Å²) in [6.45, 7) is 13.2. The number of nitrogens with zero attached hydrogens (tertiary/aromatic N) is 1. The van der Waals surface area contributed by atoms with E-state index in [1.54, 1.807) is 0 Å². The molecule has 0 N–H and O–H groups in total. The Morgan fingerprint density at radius 1 is 0.522 bits per heavy atom.